The lowest BCUT2D eigenvalue weighted by Gasteiger charge is -2.38. The summed E-state index contributed by atoms with van der Waals surface area (Å²) in [5.41, 5.74) is 0.771. The van der Waals surface area contributed by atoms with Crippen LogP contribution in [0.25, 0.3) is 10.9 Å². The van der Waals surface area contributed by atoms with E-state index in [0.717, 1.165) is 10.9 Å². The van der Waals surface area contributed by atoms with Crippen LogP contribution >= 0.6 is 0 Å². The van der Waals surface area contributed by atoms with E-state index in [1.807, 2.05) is 38.1 Å². The minimum absolute atomic E-state index is 0.0304. The molecule has 1 saturated heterocycles. The normalized spacial score (nSPS) is 17.6. The van der Waals surface area contributed by atoms with Gasteiger partial charge in [0.15, 0.2) is 0 Å². The zero-order valence-corrected chi connectivity index (χ0v) is 12.9. The third-order valence-electron chi connectivity index (χ3n) is 3.95. The van der Waals surface area contributed by atoms with Crippen molar-refractivity contribution in [1.29, 1.82) is 0 Å². The number of amides is 1. The number of pyridine rings is 1. The summed E-state index contributed by atoms with van der Waals surface area (Å²) >= 11 is 0. The van der Waals surface area contributed by atoms with Gasteiger partial charge in [0.2, 0.25) is 5.91 Å². The van der Waals surface area contributed by atoms with Gasteiger partial charge in [-0.2, -0.15) is 0 Å². The van der Waals surface area contributed by atoms with Crippen molar-refractivity contribution >= 4 is 16.8 Å². The summed E-state index contributed by atoms with van der Waals surface area (Å²) in [4.78, 5) is 29.2. The molecule has 0 saturated carbocycles. The molecule has 3 rings (SSSR count). The van der Waals surface area contributed by atoms with Crippen LogP contribution in [0.1, 0.15) is 19.4 Å². The van der Waals surface area contributed by atoms with Crippen LogP contribution < -0.4 is 5.56 Å². The molecule has 0 unspecified atom stereocenters. The molecule has 22 heavy (non-hydrogen) atoms. The highest BCUT2D eigenvalue weighted by molar-refractivity contribution is 5.82. The van der Waals surface area contributed by atoms with E-state index >= 15 is 0 Å². The zero-order chi connectivity index (χ0) is 15.7. The average molecular weight is 300 g/mol. The van der Waals surface area contributed by atoms with E-state index in [1.54, 1.807) is 11.0 Å². The molecular weight excluding hydrogens is 280 g/mol. The Hall–Kier alpha value is -2.14. The monoisotopic (exact) mass is 300 g/mol. The van der Waals surface area contributed by atoms with Crippen molar-refractivity contribution in [2.45, 2.75) is 25.9 Å². The van der Waals surface area contributed by atoms with Gasteiger partial charge in [-0.15, -0.1) is 0 Å². The summed E-state index contributed by atoms with van der Waals surface area (Å²) in [7, 11) is 0. The van der Waals surface area contributed by atoms with Gasteiger partial charge in [0, 0.05) is 24.2 Å². The minimum Gasteiger partial charge on any atom is -0.372 e. The third kappa shape index (κ3) is 3.04. The number of fused-ring (bicyclic) bond motifs is 1. The molecule has 0 bridgehead atoms. The quantitative estimate of drug-likeness (QED) is 0.918. The molecule has 0 radical (unpaired) electrons. The fourth-order valence-corrected chi connectivity index (χ4v) is 2.83. The number of ether oxygens (including phenoxy) is 1. The third-order valence-corrected chi connectivity index (χ3v) is 3.95. The van der Waals surface area contributed by atoms with Gasteiger partial charge < -0.3 is 14.6 Å². The number of rotatable bonds is 2. The molecule has 1 N–H and O–H groups in total. The lowest BCUT2D eigenvalue weighted by molar-refractivity contribution is -0.145. The van der Waals surface area contributed by atoms with Crippen LogP contribution in [0.5, 0.6) is 0 Å². The van der Waals surface area contributed by atoms with E-state index in [0.29, 0.717) is 25.3 Å². The fourth-order valence-electron chi connectivity index (χ4n) is 2.83. The smallest absolute Gasteiger partial charge is 0.252 e. The minimum atomic E-state index is -0.330. The van der Waals surface area contributed by atoms with Crippen LogP contribution in [-0.2, 0) is 16.0 Å². The second-order valence-electron chi connectivity index (χ2n) is 6.31. The van der Waals surface area contributed by atoms with Crippen molar-refractivity contribution in [2.75, 3.05) is 19.7 Å². The Kier molecular flexibility index (Phi) is 3.74. The number of hydrogen-bond donors (Lipinski definition) is 1. The maximum Gasteiger partial charge on any atom is 0.252 e. The first-order valence-electron chi connectivity index (χ1n) is 7.47. The number of aromatic nitrogens is 1. The molecule has 5 heteroatoms. The second kappa shape index (κ2) is 5.57. The largest absolute Gasteiger partial charge is 0.372 e. The molecule has 0 spiro atoms. The SMILES string of the molecule is CC1(C)CN(C(=O)Cc2cc3ccccc3[nH]c2=O)CCO1. The summed E-state index contributed by atoms with van der Waals surface area (Å²) in [6, 6.07) is 9.37. The van der Waals surface area contributed by atoms with Crippen LogP contribution in [0.4, 0.5) is 0 Å². The summed E-state index contributed by atoms with van der Waals surface area (Å²) in [6.45, 7) is 5.60. The van der Waals surface area contributed by atoms with Crippen LogP contribution in [0.3, 0.4) is 0 Å². The number of hydrogen-bond acceptors (Lipinski definition) is 3. The Bertz CT molecular complexity index is 764. The number of nitrogens with one attached hydrogen (secondary N) is 1. The number of aromatic amines is 1. The topological polar surface area (TPSA) is 62.4 Å². The van der Waals surface area contributed by atoms with Gasteiger partial charge in [0.1, 0.15) is 0 Å². The Morgan fingerprint density at radius 2 is 2.14 bits per heavy atom. The van der Waals surface area contributed by atoms with Gasteiger partial charge in [-0.25, -0.2) is 0 Å². The molecule has 1 aliphatic heterocycles. The lowest BCUT2D eigenvalue weighted by Crippen LogP contribution is -2.51. The highest BCUT2D eigenvalue weighted by atomic mass is 16.5. The van der Waals surface area contributed by atoms with Crippen molar-refractivity contribution in [3.05, 3.63) is 46.2 Å². The molecule has 0 aliphatic carbocycles. The van der Waals surface area contributed by atoms with E-state index < -0.39 is 0 Å². The number of benzene rings is 1. The predicted molar refractivity (Wildman–Crippen MR) is 84.9 cm³/mol. The van der Waals surface area contributed by atoms with Crippen LogP contribution in [0.2, 0.25) is 0 Å². The maximum atomic E-state index is 12.5. The number of nitrogens with zero attached hydrogens (tertiary/aromatic N) is 1. The van der Waals surface area contributed by atoms with Crippen molar-refractivity contribution < 1.29 is 9.53 Å². The van der Waals surface area contributed by atoms with Gasteiger partial charge in [-0.3, -0.25) is 9.59 Å². The van der Waals surface area contributed by atoms with E-state index in [9.17, 15) is 9.59 Å². The van der Waals surface area contributed by atoms with Crippen LogP contribution in [0, 0.1) is 0 Å². The van der Waals surface area contributed by atoms with E-state index in [1.165, 1.54) is 0 Å². The molecule has 1 aromatic carbocycles. The molecule has 1 aliphatic rings. The average Bonchev–Trinajstić information content (AvgIpc) is 2.47. The molecule has 116 valence electrons. The molecule has 2 aromatic rings. The Morgan fingerprint density at radius 1 is 1.36 bits per heavy atom. The molecule has 1 fully saturated rings. The summed E-state index contributed by atoms with van der Waals surface area (Å²) < 4.78 is 5.62. The van der Waals surface area contributed by atoms with E-state index in [-0.39, 0.29) is 23.5 Å². The molecule has 5 nitrogen and oxygen atoms in total. The molecular formula is C17H20N2O3. The van der Waals surface area contributed by atoms with Crippen LogP contribution in [0.15, 0.2) is 35.1 Å². The van der Waals surface area contributed by atoms with E-state index in [2.05, 4.69) is 4.98 Å². The molecule has 1 aromatic heterocycles. The first kappa shape index (κ1) is 14.8. The Labute approximate surface area is 128 Å². The van der Waals surface area contributed by atoms with Crippen molar-refractivity contribution in [2.24, 2.45) is 0 Å². The number of carbonyl (C=O) groups excluding carboxylic acids is 1. The first-order chi connectivity index (χ1) is 10.4. The number of carbonyl (C=O) groups is 1. The number of morpholine rings is 1. The highest BCUT2D eigenvalue weighted by Crippen LogP contribution is 2.17. The number of H-pyrrole nitrogens is 1. The standard InChI is InChI=1S/C17H20N2O3/c1-17(2)11-19(7-8-22-17)15(20)10-13-9-12-5-3-4-6-14(12)18-16(13)21/h3-6,9H,7-8,10-11H2,1-2H3,(H,18,21). The first-order valence-corrected chi connectivity index (χ1v) is 7.47. The van der Waals surface area contributed by atoms with Gasteiger partial charge >= 0.3 is 0 Å². The molecule has 2 heterocycles. The highest BCUT2D eigenvalue weighted by Gasteiger charge is 2.30. The number of para-hydroxylation sites is 1. The van der Waals surface area contributed by atoms with Gasteiger partial charge in [-0.05, 0) is 31.4 Å². The van der Waals surface area contributed by atoms with Gasteiger partial charge in [-0.1, -0.05) is 18.2 Å². The predicted octanol–water partition coefficient (Wildman–Crippen LogP) is 1.71. The Morgan fingerprint density at radius 3 is 2.91 bits per heavy atom. The second-order valence-corrected chi connectivity index (χ2v) is 6.31. The van der Waals surface area contributed by atoms with Crippen molar-refractivity contribution in [3.8, 4) is 0 Å². The van der Waals surface area contributed by atoms with E-state index in [4.69, 9.17) is 4.74 Å². The Balaban J connectivity index is 1.82. The zero-order valence-electron chi connectivity index (χ0n) is 12.9. The van der Waals surface area contributed by atoms with Crippen molar-refractivity contribution in [1.82, 2.24) is 9.88 Å². The fraction of sp³-hybridized carbons (Fsp3) is 0.412. The maximum absolute atomic E-state index is 12.5. The summed E-state index contributed by atoms with van der Waals surface area (Å²) in [5, 5.41) is 0.937. The van der Waals surface area contributed by atoms with Gasteiger partial charge in [0.25, 0.3) is 5.56 Å². The summed E-state index contributed by atoms with van der Waals surface area (Å²) in [5.74, 6) is -0.0304. The van der Waals surface area contributed by atoms with Crippen LogP contribution in [-0.4, -0.2) is 41.1 Å². The van der Waals surface area contributed by atoms with Gasteiger partial charge in [0.05, 0.1) is 18.6 Å². The molecule has 0 atom stereocenters. The van der Waals surface area contributed by atoms with Crippen molar-refractivity contribution in [3.63, 3.8) is 0 Å². The summed E-state index contributed by atoms with van der Waals surface area (Å²) in [6.07, 6.45) is 0.121. The molecule has 1 amide bonds. The lowest BCUT2D eigenvalue weighted by atomic mass is 10.1.